The van der Waals surface area contributed by atoms with Crippen LogP contribution < -0.4 is 10.6 Å². The molecule has 0 atom stereocenters. The molecule has 0 heterocycles. The third kappa shape index (κ3) is 7.36. The second kappa shape index (κ2) is 11.2. The van der Waals surface area contributed by atoms with Gasteiger partial charge in [0.2, 0.25) is 0 Å². The van der Waals surface area contributed by atoms with Gasteiger partial charge in [-0.15, -0.1) is 30.6 Å². The third-order valence-corrected chi connectivity index (χ3v) is 3.15. The van der Waals surface area contributed by atoms with E-state index in [0.29, 0.717) is 11.6 Å². The molecule has 0 bridgehead atoms. The summed E-state index contributed by atoms with van der Waals surface area (Å²) in [5.41, 5.74) is 1.11. The first-order valence-electron chi connectivity index (χ1n) is 6.16. The molecule has 1 aromatic carbocycles. The van der Waals surface area contributed by atoms with Gasteiger partial charge in [-0.1, -0.05) is 35.3 Å². The molecule has 0 aliphatic heterocycles. The van der Waals surface area contributed by atoms with Crippen LogP contribution in [0.4, 0.5) is 0 Å². The van der Waals surface area contributed by atoms with E-state index < -0.39 is 0 Å². The smallest absolute Gasteiger partial charge is 0.191 e. The molecule has 0 spiro atoms. The van der Waals surface area contributed by atoms with Crippen LogP contribution in [0.2, 0.25) is 10.0 Å². The number of rotatable bonds is 6. The van der Waals surface area contributed by atoms with Gasteiger partial charge in [0.1, 0.15) is 0 Å². The van der Waals surface area contributed by atoms with Crippen LogP contribution in [-0.4, -0.2) is 26.1 Å². The molecule has 0 aromatic heterocycles. The first kappa shape index (κ1) is 19.5. The average molecular weight is 428 g/mol. The number of hydrogen-bond donors (Lipinski definition) is 2. The Kier molecular flexibility index (Phi) is 11.0. The molecule has 2 N–H and O–H groups in total. The Morgan fingerprint density at radius 3 is 2.70 bits per heavy atom. The first-order chi connectivity index (χ1) is 9.17. The molecule has 0 aliphatic carbocycles. The Balaban J connectivity index is 0.00000361. The predicted molar refractivity (Wildman–Crippen MR) is 99.8 cm³/mol. The van der Waals surface area contributed by atoms with Crippen LogP contribution in [-0.2, 0) is 6.42 Å². The molecule has 0 amide bonds. The fourth-order valence-electron chi connectivity index (χ4n) is 1.60. The standard InChI is InChI=1S/C14H19Cl2N3.HI/c1-3-8-18-14(17-2)19-9-4-5-11-6-7-12(15)10-13(11)16;/h3,6-7,10H,1,4-5,8-9H2,2H3,(H2,17,18,19);1H. The van der Waals surface area contributed by atoms with Crippen molar-refractivity contribution in [2.24, 2.45) is 4.99 Å². The number of guanidine groups is 1. The summed E-state index contributed by atoms with van der Waals surface area (Å²) in [5.74, 6) is 0.780. The van der Waals surface area contributed by atoms with Crippen molar-refractivity contribution in [2.45, 2.75) is 12.8 Å². The minimum Gasteiger partial charge on any atom is -0.356 e. The largest absolute Gasteiger partial charge is 0.356 e. The van der Waals surface area contributed by atoms with E-state index in [1.807, 2.05) is 12.1 Å². The van der Waals surface area contributed by atoms with E-state index in [-0.39, 0.29) is 24.0 Å². The Hall–Kier alpha value is -0.460. The Labute approximate surface area is 147 Å². The van der Waals surface area contributed by atoms with E-state index in [0.717, 1.165) is 35.9 Å². The van der Waals surface area contributed by atoms with Gasteiger partial charge in [0.25, 0.3) is 0 Å². The Bertz CT molecular complexity index is 450. The lowest BCUT2D eigenvalue weighted by Crippen LogP contribution is -2.37. The molecule has 0 saturated heterocycles. The first-order valence-corrected chi connectivity index (χ1v) is 6.92. The van der Waals surface area contributed by atoms with Crippen LogP contribution in [0.15, 0.2) is 35.8 Å². The van der Waals surface area contributed by atoms with Crippen molar-refractivity contribution in [3.63, 3.8) is 0 Å². The quantitative estimate of drug-likeness (QED) is 0.237. The number of hydrogen-bond acceptors (Lipinski definition) is 1. The lowest BCUT2D eigenvalue weighted by Gasteiger charge is -2.10. The Morgan fingerprint density at radius 2 is 2.10 bits per heavy atom. The van der Waals surface area contributed by atoms with Crippen LogP contribution >= 0.6 is 47.2 Å². The van der Waals surface area contributed by atoms with Gasteiger partial charge in [-0.3, -0.25) is 4.99 Å². The number of aliphatic imine (C=N–C) groups is 1. The summed E-state index contributed by atoms with van der Waals surface area (Å²) >= 11 is 12.0. The van der Waals surface area contributed by atoms with Gasteiger partial charge in [0.15, 0.2) is 5.96 Å². The van der Waals surface area contributed by atoms with Gasteiger partial charge >= 0.3 is 0 Å². The highest BCUT2D eigenvalue weighted by Gasteiger charge is 2.01. The van der Waals surface area contributed by atoms with Crippen molar-refractivity contribution in [3.8, 4) is 0 Å². The van der Waals surface area contributed by atoms with Crippen molar-refractivity contribution < 1.29 is 0 Å². The fourth-order valence-corrected chi connectivity index (χ4v) is 2.10. The molecule has 20 heavy (non-hydrogen) atoms. The number of nitrogens with one attached hydrogen (secondary N) is 2. The van der Waals surface area contributed by atoms with Crippen molar-refractivity contribution in [1.82, 2.24) is 10.6 Å². The number of nitrogens with zero attached hydrogens (tertiary/aromatic N) is 1. The lowest BCUT2D eigenvalue weighted by molar-refractivity contribution is 0.753. The molecular formula is C14H20Cl2IN3. The zero-order chi connectivity index (χ0) is 14.1. The maximum atomic E-state index is 6.11. The SMILES string of the molecule is C=CCNC(=NC)NCCCc1ccc(Cl)cc1Cl.I. The fraction of sp³-hybridized carbons (Fsp3) is 0.357. The predicted octanol–water partition coefficient (Wildman–Crippen LogP) is 3.90. The lowest BCUT2D eigenvalue weighted by atomic mass is 10.1. The van der Waals surface area contributed by atoms with E-state index in [2.05, 4.69) is 22.2 Å². The summed E-state index contributed by atoms with van der Waals surface area (Å²) < 4.78 is 0. The molecule has 0 fully saturated rings. The van der Waals surface area contributed by atoms with Gasteiger partial charge in [-0.25, -0.2) is 0 Å². The van der Waals surface area contributed by atoms with Crippen LogP contribution in [0.25, 0.3) is 0 Å². The second-order valence-electron chi connectivity index (χ2n) is 4.01. The Morgan fingerprint density at radius 1 is 1.35 bits per heavy atom. The number of benzene rings is 1. The third-order valence-electron chi connectivity index (χ3n) is 2.57. The van der Waals surface area contributed by atoms with E-state index in [4.69, 9.17) is 23.2 Å². The molecule has 3 nitrogen and oxygen atoms in total. The summed E-state index contributed by atoms with van der Waals surface area (Å²) in [5, 5.41) is 7.73. The average Bonchev–Trinajstić information content (AvgIpc) is 2.40. The molecular weight excluding hydrogens is 408 g/mol. The molecule has 112 valence electrons. The summed E-state index contributed by atoms with van der Waals surface area (Å²) in [4.78, 5) is 4.10. The monoisotopic (exact) mass is 427 g/mol. The van der Waals surface area contributed by atoms with Gasteiger partial charge in [-0.05, 0) is 30.5 Å². The van der Waals surface area contributed by atoms with Crippen molar-refractivity contribution in [3.05, 3.63) is 46.5 Å². The zero-order valence-electron chi connectivity index (χ0n) is 11.5. The molecule has 6 heteroatoms. The van der Waals surface area contributed by atoms with Crippen LogP contribution in [0, 0.1) is 0 Å². The topological polar surface area (TPSA) is 36.4 Å². The highest BCUT2D eigenvalue weighted by Crippen LogP contribution is 2.21. The highest BCUT2D eigenvalue weighted by atomic mass is 127. The van der Waals surface area contributed by atoms with Crippen molar-refractivity contribution in [2.75, 3.05) is 20.1 Å². The van der Waals surface area contributed by atoms with Gasteiger partial charge < -0.3 is 10.6 Å². The maximum Gasteiger partial charge on any atom is 0.191 e. The normalized spacial score (nSPS) is 10.7. The minimum atomic E-state index is 0. The summed E-state index contributed by atoms with van der Waals surface area (Å²) in [7, 11) is 1.74. The van der Waals surface area contributed by atoms with Crippen LogP contribution in [0.3, 0.4) is 0 Å². The molecule has 0 unspecified atom stereocenters. The second-order valence-corrected chi connectivity index (χ2v) is 4.85. The van der Waals surface area contributed by atoms with Crippen molar-refractivity contribution in [1.29, 1.82) is 0 Å². The van der Waals surface area contributed by atoms with E-state index in [1.54, 1.807) is 19.2 Å². The molecule has 0 aliphatic rings. The summed E-state index contributed by atoms with van der Waals surface area (Å²) in [6.45, 7) is 5.18. The van der Waals surface area contributed by atoms with E-state index >= 15 is 0 Å². The van der Waals surface area contributed by atoms with Crippen LogP contribution in [0.5, 0.6) is 0 Å². The minimum absolute atomic E-state index is 0. The summed E-state index contributed by atoms with van der Waals surface area (Å²) in [6, 6.07) is 5.60. The van der Waals surface area contributed by atoms with Gasteiger partial charge in [0.05, 0.1) is 0 Å². The maximum absolute atomic E-state index is 6.11. The number of aryl methyl sites for hydroxylation is 1. The molecule has 0 radical (unpaired) electrons. The molecule has 0 saturated carbocycles. The highest BCUT2D eigenvalue weighted by molar-refractivity contribution is 14.0. The zero-order valence-corrected chi connectivity index (χ0v) is 15.3. The summed E-state index contributed by atoms with van der Waals surface area (Å²) in [6.07, 6.45) is 3.66. The van der Waals surface area contributed by atoms with E-state index in [1.165, 1.54) is 0 Å². The molecule has 1 rings (SSSR count). The van der Waals surface area contributed by atoms with Crippen molar-refractivity contribution >= 4 is 53.1 Å². The molecule has 1 aromatic rings. The van der Waals surface area contributed by atoms with E-state index in [9.17, 15) is 0 Å². The van der Waals surface area contributed by atoms with Gasteiger partial charge in [-0.2, -0.15) is 0 Å². The number of halogens is 3. The van der Waals surface area contributed by atoms with Gasteiger partial charge in [0, 0.05) is 30.2 Å². The van der Waals surface area contributed by atoms with Crippen LogP contribution in [0.1, 0.15) is 12.0 Å².